The van der Waals surface area contributed by atoms with Crippen molar-refractivity contribution < 1.29 is 14.3 Å². The van der Waals surface area contributed by atoms with Gasteiger partial charge in [0.2, 0.25) is 5.91 Å². The Morgan fingerprint density at radius 2 is 1.95 bits per heavy atom. The Labute approximate surface area is 118 Å². The summed E-state index contributed by atoms with van der Waals surface area (Å²) in [5.41, 5.74) is 3.14. The number of carbonyl (C=O) groups excluding carboxylic acids is 2. The van der Waals surface area contributed by atoms with Crippen LogP contribution in [0.1, 0.15) is 25.3 Å². The largest absolute Gasteiger partial charge is 0.497 e. The first-order valence-electron chi connectivity index (χ1n) is 6.49. The molecule has 0 aliphatic rings. The first-order chi connectivity index (χ1) is 9.56. The first kappa shape index (κ1) is 16.0. The van der Waals surface area contributed by atoms with Gasteiger partial charge >= 0.3 is 0 Å². The maximum atomic E-state index is 11.6. The summed E-state index contributed by atoms with van der Waals surface area (Å²) < 4.78 is 5.08. The smallest absolute Gasteiger partial charge is 0.256 e. The lowest BCUT2D eigenvalue weighted by atomic mass is 10.1. The molecule has 2 amide bonds. The Kier molecular flexibility index (Phi) is 6.52. The fourth-order valence-corrected chi connectivity index (χ4v) is 1.75. The summed E-state index contributed by atoms with van der Waals surface area (Å²) in [4.78, 5) is 22.8. The van der Waals surface area contributed by atoms with Crippen LogP contribution in [-0.2, 0) is 16.0 Å². The van der Waals surface area contributed by atoms with Crippen LogP contribution in [0.5, 0.6) is 5.75 Å². The molecule has 1 rings (SSSR count). The molecule has 0 aliphatic carbocycles. The van der Waals surface area contributed by atoms with Crippen LogP contribution in [0.25, 0.3) is 0 Å². The van der Waals surface area contributed by atoms with E-state index in [9.17, 15) is 9.59 Å². The van der Waals surface area contributed by atoms with Crippen LogP contribution in [0.2, 0.25) is 0 Å². The molecule has 0 heterocycles. The molecule has 6 heteroatoms. The maximum absolute atomic E-state index is 11.6. The summed E-state index contributed by atoms with van der Waals surface area (Å²) >= 11 is 0. The molecule has 1 aromatic rings. The monoisotopic (exact) mass is 279 g/mol. The maximum Gasteiger partial charge on any atom is 0.256 e. The highest BCUT2D eigenvalue weighted by molar-refractivity contribution is 5.86. The molecule has 4 N–H and O–H groups in total. The third-order valence-electron chi connectivity index (χ3n) is 2.94. The van der Waals surface area contributed by atoms with Gasteiger partial charge in [0.05, 0.1) is 7.11 Å². The van der Waals surface area contributed by atoms with Gasteiger partial charge in [0.25, 0.3) is 5.91 Å². The van der Waals surface area contributed by atoms with Crippen molar-refractivity contribution in [2.75, 3.05) is 7.11 Å². The van der Waals surface area contributed by atoms with Gasteiger partial charge in [-0.3, -0.25) is 15.0 Å². The number of nitrogens with one attached hydrogen (secondary N) is 2. The summed E-state index contributed by atoms with van der Waals surface area (Å²) in [7, 11) is 1.62. The third kappa shape index (κ3) is 5.27. The standard InChI is InChI=1S/C14H21N3O3/c1-10(14(19)17-15)16-13(18)5-3-4-11-6-8-12(20-2)9-7-11/h6-10H,3-5,15H2,1-2H3,(H,16,18)(H,17,19)/t10-/m1/s1. The van der Waals surface area contributed by atoms with Crippen LogP contribution in [-0.4, -0.2) is 25.0 Å². The van der Waals surface area contributed by atoms with Crippen molar-refractivity contribution in [2.24, 2.45) is 5.84 Å². The van der Waals surface area contributed by atoms with E-state index in [-0.39, 0.29) is 5.91 Å². The third-order valence-corrected chi connectivity index (χ3v) is 2.94. The molecule has 0 radical (unpaired) electrons. The van der Waals surface area contributed by atoms with E-state index in [4.69, 9.17) is 10.6 Å². The van der Waals surface area contributed by atoms with E-state index < -0.39 is 11.9 Å². The van der Waals surface area contributed by atoms with Gasteiger partial charge in [-0.25, -0.2) is 5.84 Å². The second-order valence-corrected chi connectivity index (χ2v) is 4.50. The van der Waals surface area contributed by atoms with E-state index in [1.165, 1.54) is 0 Å². The zero-order valence-corrected chi connectivity index (χ0v) is 11.8. The van der Waals surface area contributed by atoms with Gasteiger partial charge in [-0.05, 0) is 37.5 Å². The molecule has 0 saturated carbocycles. The number of benzene rings is 1. The van der Waals surface area contributed by atoms with Crippen LogP contribution in [0.4, 0.5) is 0 Å². The second-order valence-electron chi connectivity index (χ2n) is 4.50. The van der Waals surface area contributed by atoms with Gasteiger partial charge in [0.15, 0.2) is 0 Å². The lowest BCUT2D eigenvalue weighted by Gasteiger charge is -2.11. The van der Waals surface area contributed by atoms with E-state index in [1.807, 2.05) is 29.7 Å². The number of hydrazine groups is 1. The summed E-state index contributed by atoms with van der Waals surface area (Å²) in [5.74, 6) is 5.23. The molecule has 0 fully saturated rings. The quantitative estimate of drug-likeness (QED) is 0.385. The Morgan fingerprint density at radius 3 is 2.50 bits per heavy atom. The van der Waals surface area contributed by atoms with Crippen molar-refractivity contribution in [2.45, 2.75) is 32.2 Å². The molecule has 1 aromatic carbocycles. The molecule has 1 atom stereocenters. The molecule has 6 nitrogen and oxygen atoms in total. The number of amides is 2. The molecule has 0 aliphatic heterocycles. The fraction of sp³-hybridized carbons (Fsp3) is 0.429. The van der Waals surface area contributed by atoms with Gasteiger partial charge in [-0.2, -0.15) is 0 Å². The highest BCUT2D eigenvalue weighted by Crippen LogP contribution is 2.13. The first-order valence-corrected chi connectivity index (χ1v) is 6.49. The number of aryl methyl sites for hydroxylation is 1. The summed E-state index contributed by atoms with van der Waals surface area (Å²) in [6, 6.07) is 7.11. The number of carbonyl (C=O) groups is 2. The van der Waals surface area contributed by atoms with Crippen LogP contribution in [0.15, 0.2) is 24.3 Å². The van der Waals surface area contributed by atoms with E-state index in [0.29, 0.717) is 6.42 Å². The van der Waals surface area contributed by atoms with Crippen LogP contribution < -0.4 is 21.3 Å². The van der Waals surface area contributed by atoms with Crippen molar-refractivity contribution in [3.63, 3.8) is 0 Å². The Bertz CT molecular complexity index is 445. The topological polar surface area (TPSA) is 93.4 Å². The Morgan fingerprint density at radius 1 is 1.30 bits per heavy atom. The van der Waals surface area contributed by atoms with Crippen molar-refractivity contribution in [3.05, 3.63) is 29.8 Å². The van der Waals surface area contributed by atoms with Crippen molar-refractivity contribution in [1.82, 2.24) is 10.7 Å². The lowest BCUT2D eigenvalue weighted by Crippen LogP contribution is -2.47. The Balaban J connectivity index is 2.29. The van der Waals surface area contributed by atoms with E-state index in [2.05, 4.69) is 5.32 Å². The average molecular weight is 279 g/mol. The van der Waals surface area contributed by atoms with Gasteiger partial charge in [0, 0.05) is 6.42 Å². The lowest BCUT2D eigenvalue weighted by molar-refractivity contribution is -0.128. The molecule has 20 heavy (non-hydrogen) atoms. The van der Waals surface area contributed by atoms with Crippen molar-refractivity contribution >= 4 is 11.8 Å². The van der Waals surface area contributed by atoms with E-state index in [1.54, 1.807) is 14.0 Å². The highest BCUT2D eigenvalue weighted by atomic mass is 16.5. The average Bonchev–Trinajstić information content (AvgIpc) is 2.47. The summed E-state index contributed by atoms with van der Waals surface area (Å²) in [6.45, 7) is 1.59. The molecular formula is C14H21N3O3. The molecule has 0 saturated heterocycles. The van der Waals surface area contributed by atoms with Gasteiger partial charge in [-0.15, -0.1) is 0 Å². The fourth-order valence-electron chi connectivity index (χ4n) is 1.75. The molecule has 0 spiro atoms. The second kappa shape index (κ2) is 8.16. The highest BCUT2D eigenvalue weighted by Gasteiger charge is 2.13. The SMILES string of the molecule is COc1ccc(CCCC(=O)N[C@H](C)C(=O)NN)cc1. The van der Waals surface area contributed by atoms with Crippen molar-refractivity contribution in [1.29, 1.82) is 0 Å². The van der Waals surface area contributed by atoms with E-state index >= 15 is 0 Å². The van der Waals surface area contributed by atoms with Gasteiger partial charge in [0.1, 0.15) is 11.8 Å². The van der Waals surface area contributed by atoms with Crippen LogP contribution in [0, 0.1) is 0 Å². The number of ether oxygens (including phenoxy) is 1. The van der Waals surface area contributed by atoms with Crippen LogP contribution in [0.3, 0.4) is 0 Å². The molecule has 0 unspecified atom stereocenters. The molecular weight excluding hydrogens is 258 g/mol. The minimum atomic E-state index is -0.617. The van der Waals surface area contributed by atoms with Crippen LogP contribution >= 0.6 is 0 Å². The molecule has 0 aromatic heterocycles. The zero-order valence-electron chi connectivity index (χ0n) is 11.8. The number of methoxy groups -OCH3 is 1. The summed E-state index contributed by atoms with van der Waals surface area (Å²) in [6.07, 6.45) is 1.89. The van der Waals surface area contributed by atoms with E-state index in [0.717, 1.165) is 24.2 Å². The number of hydrogen-bond donors (Lipinski definition) is 3. The minimum absolute atomic E-state index is 0.158. The number of hydrogen-bond acceptors (Lipinski definition) is 4. The Hall–Kier alpha value is -2.08. The predicted octanol–water partition coefficient (Wildman–Crippen LogP) is 0.513. The normalized spacial score (nSPS) is 11.6. The van der Waals surface area contributed by atoms with Gasteiger partial charge < -0.3 is 10.1 Å². The zero-order chi connectivity index (χ0) is 15.0. The predicted molar refractivity (Wildman–Crippen MR) is 75.9 cm³/mol. The number of rotatable bonds is 7. The minimum Gasteiger partial charge on any atom is -0.497 e. The van der Waals surface area contributed by atoms with Gasteiger partial charge in [-0.1, -0.05) is 12.1 Å². The van der Waals surface area contributed by atoms with Crippen molar-refractivity contribution in [3.8, 4) is 5.75 Å². The molecule has 0 bridgehead atoms. The summed E-state index contributed by atoms with van der Waals surface area (Å²) in [5, 5.41) is 2.58. The molecule has 110 valence electrons. The number of nitrogens with two attached hydrogens (primary N) is 1.